The van der Waals surface area contributed by atoms with Crippen molar-refractivity contribution in [1.82, 2.24) is 9.97 Å². The Morgan fingerprint density at radius 2 is 1.43 bits per heavy atom. The summed E-state index contributed by atoms with van der Waals surface area (Å²) >= 11 is 0. The predicted octanol–water partition coefficient (Wildman–Crippen LogP) is 6.64. The fourth-order valence-corrected chi connectivity index (χ4v) is 3.72. The van der Waals surface area contributed by atoms with Gasteiger partial charge in [0.05, 0.1) is 5.69 Å². The number of pyridine rings is 2. The van der Waals surface area contributed by atoms with Crippen molar-refractivity contribution in [1.29, 1.82) is 0 Å². The summed E-state index contributed by atoms with van der Waals surface area (Å²) in [6.45, 7) is 4.43. The molecular weight excluding hydrogens is 364 g/mol. The lowest BCUT2D eigenvalue weighted by Gasteiger charge is -2.13. The van der Waals surface area contributed by atoms with Crippen molar-refractivity contribution in [2.24, 2.45) is 0 Å². The maximum atomic E-state index is 4.68. The van der Waals surface area contributed by atoms with E-state index in [2.05, 4.69) is 84.5 Å². The van der Waals surface area contributed by atoms with Crippen LogP contribution in [0.1, 0.15) is 47.7 Å². The van der Waals surface area contributed by atoms with Gasteiger partial charge in [0.25, 0.3) is 0 Å². The monoisotopic (exact) mass is 392 g/mol. The Hall–Kier alpha value is -3.26. The van der Waals surface area contributed by atoms with Crippen LogP contribution >= 0.6 is 0 Å². The summed E-state index contributed by atoms with van der Waals surface area (Å²) in [6.07, 6.45) is 6.93. The molecule has 0 fully saturated rings. The molecule has 30 heavy (non-hydrogen) atoms. The number of hydrogen-bond donors (Lipinski definition) is 0. The summed E-state index contributed by atoms with van der Waals surface area (Å²) in [5.41, 5.74) is 8.53. The molecule has 2 aromatic heterocycles. The van der Waals surface area contributed by atoms with Crippen LogP contribution in [0.4, 0.5) is 0 Å². The molecule has 0 saturated heterocycles. The van der Waals surface area contributed by atoms with E-state index < -0.39 is 0 Å². The van der Waals surface area contributed by atoms with Gasteiger partial charge < -0.3 is 0 Å². The molecular formula is C28H28N2. The first-order valence-corrected chi connectivity index (χ1v) is 10.7. The van der Waals surface area contributed by atoms with Crippen LogP contribution in [0.5, 0.6) is 0 Å². The topological polar surface area (TPSA) is 25.8 Å². The third-order valence-electron chi connectivity index (χ3n) is 5.67. The largest absolute Gasteiger partial charge is 0.261 e. The summed E-state index contributed by atoms with van der Waals surface area (Å²) in [7, 11) is 0. The van der Waals surface area contributed by atoms with Crippen molar-refractivity contribution in [3.8, 4) is 11.3 Å². The van der Waals surface area contributed by atoms with E-state index >= 15 is 0 Å². The predicted molar refractivity (Wildman–Crippen MR) is 125 cm³/mol. The average molecular weight is 393 g/mol. The molecule has 0 aliphatic heterocycles. The van der Waals surface area contributed by atoms with Crippen molar-refractivity contribution in [3.05, 3.63) is 119 Å². The highest BCUT2D eigenvalue weighted by molar-refractivity contribution is 5.58. The van der Waals surface area contributed by atoms with Gasteiger partial charge in [-0.25, -0.2) is 0 Å². The lowest BCUT2D eigenvalue weighted by atomic mass is 9.93. The van der Waals surface area contributed by atoms with Crippen LogP contribution < -0.4 is 0 Å². The summed E-state index contributed by atoms with van der Waals surface area (Å²) in [5.74, 6) is 0.427. The van der Waals surface area contributed by atoms with Crippen LogP contribution in [-0.2, 0) is 19.3 Å². The van der Waals surface area contributed by atoms with Crippen LogP contribution in [0.25, 0.3) is 11.3 Å². The van der Waals surface area contributed by atoms with Gasteiger partial charge in [0.15, 0.2) is 0 Å². The molecule has 1 unspecified atom stereocenters. The van der Waals surface area contributed by atoms with E-state index in [4.69, 9.17) is 0 Å². The Labute approximate surface area is 179 Å². The van der Waals surface area contributed by atoms with Crippen LogP contribution in [0, 0.1) is 0 Å². The van der Waals surface area contributed by atoms with Gasteiger partial charge >= 0.3 is 0 Å². The molecule has 0 N–H and O–H groups in total. The third kappa shape index (κ3) is 5.01. The Balaban J connectivity index is 1.37. The minimum absolute atomic E-state index is 0.427. The summed E-state index contributed by atoms with van der Waals surface area (Å²) in [4.78, 5) is 9.26. The van der Waals surface area contributed by atoms with E-state index in [1.54, 1.807) is 0 Å². The Bertz CT molecular complexity index is 1050. The van der Waals surface area contributed by atoms with E-state index in [1.165, 1.54) is 22.3 Å². The Morgan fingerprint density at radius 1 is 0.700 bits per heavy atom. The highest BCUT2D eigenvalue weighted by Crippen LogP contribution is 2.23. The fourth-order valence-electron chi connectivity index (χ4n) is 3.72. The molecule has 0 bridgehead atoms. The first kappa shape index (κ1) is 20.0. The molecule has 4 aromatic rings. The van der Waals surface area contributed by atoms with Gasteiger partial charge in [0, 0.05) is 30.1 Å². The van der Waals surface area contributed by atoms with Crippen LogP contribution in [0.2, 0.25) is 0 Å². The van der Waals surface area contributed by atoms with Crippen molar-refractivity contribution >= 4 is 0 Å². The van der Waals surface area contributed by atoms with Gasteiger partial charge in [-0.2, -0.15) is 0 Å². The molecule has 2 aromatic carbocycles. The fraction of sp³-hybridized carbons (Fsp3) is 0.214. The average Bonchev–Trinajstić information content (AvgIpc) is 2.81. The molecule has 150 valence electrons. The first-order valence-electron chi connectivity index (χ1n) is 10.7. The van der Waals surface area contributed by atoms with E-state index in [9.17, 15) is 0 Å². The molecule has 2 heterocycles. The maximum Gasteiger partial charge on any atom is 0.0702 e. The zero-order chi connectivity index (χ0) is 20.8. The molecule has 4 rings (SSSR count). The van der Waals surface area contributed by atoms with Crippen molar-refractivity contribution in [3.63, 3.8) is 0 Å². The van der Waals surface area contributed by atoms with E-state index in [0.29, 0.717) is 5.92 Å². The normalized spacial score (nSPS) is 11.9. The second-order valence-electron chi connectivity index (χ2n) is 7.95. The van der Waals surface area contributed by atoms with Crippen LogP contribution in [0.3, 0.4) is 0 Å². The third-order valence-corrected chi connectivity index (χ3v) is 5.67. The SMILES string of the molecule is CCc1ccc(Cc2ccc(CC(C)c3ccc(-c4ccccc4)nc3)cc2)nc1. The van der Waals surface area contributed by atoms with Crippen molar-refractivity contribution in [2.75, 3.05) is 0 Å². The number of aryl methyl sites for hydroxylation is 1. The number of rotatable bonds is 7. The van der Waals surface area contributed by atoms with Crippen molar-refractivity contribution < 1.29 is 0 Å². The van der Waals surface area contributed by atoms with Crippen molar-refractivity contribution in [2.45, 2.75) is 39.0 Å². The van der Waals surface area contributed by atoms with Gasteiger partial charge in [0.1, 0.15) is 0 Å². The standard InChI is InChI=1S/C28H28N2/c1-3-22-13-15-27(29-19-22)18-24-11-9-23(10-12-24)17-21(2)26-14-16-28(30-20-26)25-7-5-4-6-8-25/h4-16,19-21H,3,17-18H2,1-2H3. The highest BCUT2D eigenvalue weighted by Gasteiger charge is 2.09. The van der Waals surface area contributed by atoms with Gasteiger partial charge in [-0.3, -0.25) is 9.97 Å². The number of nitrogens with zero attached hydrogens (tertiary/aromatic N) is 2. The zero-order valence-corrected chi connectivity index (χ0v) is 17.8. The molecule has 2 heteroatoms. The quantitative estimate of drug-likeness (QED) is 0.352. The van der Waals surface area contributed by atoms with Gasteiger partial charge in [-0.1, -0.05) is 80.6 Å². The molecule has 0 spiro atoms. The maximum absolute atomic E-state index is 4.68. The first-order chi connectivity index (χ1) is 14.7. The smallest absolute Gasteiger partial charge is 0.0702 e. The molecule has 0 aliphatic carbocycles. The lowest BCUT2D eigenvalue weighted by molar-refractivity contribution is 0.754. The summed E-state index contributed by atoms with van der Waals surface area (Å²) in [6, 6.07) is 27.9. The Kier molecular flexibility index (Phi) is 6.34. The second-order valence-corrected chi connectivity index (χ2v) is 7.95. The highest BCUT2D eigenvalue weighted by atomic mass is 14.7. The summed E-state index contributed by atoms with van der Waals surface area (Å²) in [5, 5.41) is 0. The molecule has 1 atom stereocenters. The van der Waals surface area contributed by atoms with E-state index in [0.717, 1.165) is 36.2 Å². The van der Waals surface area contributed by atoms with Gasteiger partial charge in [-0.15, -0.1) is 0 Å². The summed E-state index contributed by atoms with van der Waals surface area (Å²) < 4.78 is 0. The molecule has 0 radical (unpaired) electrons. The zero-order valence-electron chi connectivity index (χ0n) is 17.8. The molecule has 0 saturated carbocycles. The van der Waals surface area contributed by atoms with Gasteiger partial charge in [-0.05, 0) is 53.1 Å². The molecule has 0 amide bonds. The lowest BCUT2D eigenvalue weighted by Crippen LogP contribution is -2.00. The van der Waals surface area contributed by atoms with E-state index in [-0.39, 0.29) is 0 Å². The molecule has 0 aliphatic rings. The number of hydrogen-bond acceptors (Lipinski definition) is 2. The van der Waals surface area contributed by atoms with Gasteiger partial charge in [0.2, 0.25) is 0 Å². The second kappa shape index (κ2) is 9.49. The Morgan fingerprint density at radius 3 is 2.07 bits per heavy atom. The molecule has 2 nitrogen and oxygen atoms in total. The minimum atomic E-state index is 0.427. The van der Waals surface area contributed by atoms with E-state index in [1.807, 2.05) is 30.6 Å². The minimum Gasteiger partial charge on any atom is -0.261 e. The number of benzene rings is 2. The van der Waals surface area contributed by atoms with Crippen LogP contribution in [0.15, 0.2) is 91.3 Å². The van der Waals surface area contributed by atoms with Crippen LogP contribution in [-0.4, -0.2) is 9.97 Å². The number of aromatic nitrogens is 2.